The van der Waals surface area contributed by atoms with E-state index in [0.717, 1.165) is 5.56 Å². The van der Waals surface area contributed by atoms with E-state index in [1.807, 2.05) is 26.0 Å². The quantitative estimate of drug-likeness (QED) is 0.845. The van der Waals surface area contributed by atoms with Gasteiger partial charge in [-0.2, -0.15) is 0 Å². The Hall–Kier alpha value is -2.21. The Labute approximate surface area is 122 Å². The second-order valence-corrected chi connectivity index (χ2v) is 5.29. The predicted octanol–water partition coefficient (Wildman–Crippen LogP) is 1.99. The molecule has 0 saturated carbocycles. The van der Waals surface area contributed by atoms with Crippen molar-refractivity contribution in [1.82, 2.24) is 15.0 Å². The maximum Gasteiger partial charge on any atom is 0.276 e. The third-order valence-corrected chi connectivity index (χ3v) is 3.38. The number of ether oxygens (including phenoxy) is 1. The van der Waals surface area contributed by atoms with Gasteiger partial charge in [-0.1, -0.05) is 5.16 Å². The number of rotatable bonds is 2. The highest BCUT2D eigenvalue weighted by atomic mass is 16.5. The van der Waals surface area contributed by atoms with Gasteiger partial charge in [0, 0.05) is 37.1 Å². The second-order valence-electron chi connectivity index (χ2n) is 5.29. The summed E-state index contributed by atoms with van der Waals surface area (Å²) >= 11 is 0. The number of aromatic nitrogens is 2. The lowest BCUT2D eigenvalue weighted by atomic mass is 10.2. The lowest BCUT2D eigenvalue weighted by Crippen LogP contribution is -2.48. The molecule has 2 aromatic heterocycles. The molecule has 2 aromatic rings. The van der Waals surface area contributed by atoms with Crippen LogP contribution < -0.4 is 0 Å². The number of pyridine rings is 1. The Morgan fingerprint density at radius 1 is 1.33 bits per heavy atom. The van der Waals surface area contributed by atoms with Gasteiger partial charge in [-0.05, 0) is 26.0 Å². The summed E-state index contributed by atoms with van der Waals surface area (Å²) in [5.41, 5.74) is 1.11. The van der Waals surface area contributed by atoms with Crippen molar-refractivity contribution in [3.8, 4) is 11.3 Å². The fraction of sp³-hybridized carbons (Fsp3) is 0.400. The van der Waals surface area contributed by atoms with Crippen LogP contribution in [-0.2, 0) is 4.74 Å². The topological polar surface area (TPSA) is 68.5 Å². The number of carbonyl (C=O) groups is 1. The van der Waals surface area contributed by atoms with Gasteiger partial charge in [-0.3, -0.25) is 9.78 Å². The minimum Gasteiger partial charge on any atom is -0.372 e. The molecule has 0 aromatic carbocycles. The maximum absolute atomic E-state index is 12.5. The Morgan fingerprint density at radius 3 is 2.76 bits per heavy atom. The normalized spacial score (nSPS) is 22.3. The van der Waals surface area contributed by atoms with Crippen LogP contribution in [0.25, 0.3) is 11.3 Å². The van der Waals surface area contributed by atoms with E-state index >= 15 is 0 Å². The fourth-order valence-corrected chi connectivity index (χ4v) is 2.53. The summed E-state index contributed by atoms with van der Waals surface area (Å²) in [6, 6.07) is 5.33. The third kappa shape index (κ3) is 2.95. The molecule has 0 bridgehead atoms. The molecule has 3 rings (SSSR count). The minimum absolute atomic E-state index is 0.0300. The Bertz CT molecular complexity index is 616. The Morgan fingerprint density at radius 2 is 2.10 bits per heavy atom. The monoisotopic (exact) mass is 287 g/mol. The molecule has 1 amide bonds. The van der Waals surface area contributed by atoms with E-state index in [-0.39, 0.29) is 18.1 Å². The van der Waals surface area contributed by atoms with E-state index < -0.39 is 0 Å². The van der Waals surface area contributed by atoms with Gasteiger partial charge >= 0.3 is 0 Å². The van der Waals surface area contributed by atoms with E-state index in [2.05, 4.69) is 10.1 Å². The summed E-state index contributed by atoms with van der Waals surface area (Å²) < 4.78 is 10.9. The number of hydrogen-bond acceptors (Lipinski definition) is 5. The van der Waals surface area contributed by atoms with E-state index in [0.29, 0.717) is 24.5 Å². The molecule has 6 nitrogen and oxygen atoms in total. The molecule has 21 heavy (non-hydrogen) atoms. The highest BCUT2D eigenvalue weighted by molar-refractivity contribution is 5.93. The van der Waals surface area contributed by atoms with E-state index in [1.54, 1.807) is 23.4 Å². The summed E-state index contributed by atoms with van der Waals surface area (Å²) in [5, 5.41) is 3.88. The van der Waals surface area contributed by atoms with Crippen LogP contribution in [0.4, 0.5) is 0 Å². The van der Waals surface area contributed by atoms with Crippen LogP contribution in [0, 0.1) is 0 Å². The average Bonchev–Trinajstić information content (AvgIpc) is 2.96. The van der Waals surface area contributed by atoms with Gasteiger partial charge in [0.25, 0.3) is 5.91 Å². The first-order valence-corrected chi connectivity index (χ1v) is 6.95. The third-order valence-electron chi connectivity index (χ3n) is 3.38. The summed E-state index contributed by atoms with van der Waals surface area (Å²) in [7, 11) is 0. The van der Waals surface area contributed by atoms with Gasteiger partial charge in [0.2, 0.25) is 0 Å². The van der Waals surface area contributed by atoms with Gasteiger partial charge in [0.15, 0.2) is 11.5 Å². The van der Waals surface area contributed by atoms with E-state index in [1.165, 1.54) is 0 Å². The maximum atomic E-state index is 12.5. The van der Waals surface area contributed by atoms with Crippen LogP contribution >= 0.6 is 0 Å². The van der Waals surface area contributed by atoms with Crippen LogP contribution in [0.5, 0.6) is 0 Å². The minimum atomic E-state index is -0.129. The molecule has 1 aliphatic rings. The van der Waals surface area contributed by atoms with Gasteiger partial charge in [-0.25, -0.2) is 0 Å². The molecule has 0 radical (unpaired) electrons. The molecule has 6 heteroatoms. The molecule has 0 N–H and O–H groups in total. The first kappa shape index (κ1) is 13.8. The summed E-state index contributed by atoms with van der Waals surface area (Å²) in [5.74, 6) is 0.414. The molecule has 1 aliphatic heterocycles. The van der Waals surface area contributed by atoms with Crippen molar-refractivity contribution >= 4 is 5.91 Å². The molecular weight excluding hydrogens is 270 g/mol. The van der Waals surface area contributed by atoms with Crippen LogP contribution in [0.1, 0.15) is 24.3 Å². The number of morpholine rings is 1. The van der Waals surface area contributed by atoms with Crippen molar-refractivity contribution in [3.63, 3.8) is 0 Å². The summed E-state index contributed by atoms with van der Waals surface area (Å²) in [4.78, 5) is 18.2. The SMILES string of the molecule is C[C@@H]1CN(C(=O)c2cc(-c3cccnc3)on2)C[C@H](C)O1. The Balaban J connectivity index is 1.78. The van der Waals surface area contributed by atoms with Crippen molar-refractivity contribution in [3.05, 3.63) is 36.3 Å². The van der Waals surface area contributed by atoms with Crippen molar-refractivity contribution in [2.45, 2.75) is 26.1 Å². The first-order chi connectivity index (χ1) is 10.1. The standard InChI is InChI=1S/C15H17N3O3/c1-10-8-18(9-11(2)20-10)15(19)13-6-14(21-17-13)12-4-3-5-16-7-12/h3-7,10-11H,8-9H2,1-2H3/t10-,11+. The number of amides is 1. The van der Waals surface area contributed by atoms with Crippen LogP contribution in [0.2, 0.25) is 0 Å². The number of nitrogens with zero attached hydrogens (tertiary/aromatic N) is 3. The van der Waals surface area contributed by atoms with Crippen molar-refractivity contribution in [2.75, 3.05) is 13.1 Å². The van der Waals surface area contributed by atoms with Crippen molar-refractivity contribution < 1.29 is 14.1 Å². The summed E-state index contributed by atoms with van der Waals surface area (Å²) in [6.45, 7) is 5.05. The highest BCUT2D eigenvalue weighted by Gasteiger charge is 2.28. The molecular formula is C15H17N3O3. The van der Waals surface area contributed by atoms with Gasteiger partial charge in [0.05, 0.1) is 12.2 Å². The van der Waals surface area contributed by atoms with Crippen LogP contribution in [-0.4, -0.2) is 46.2 Å². The van der Waals surface area contributed by atoms with Gasteiger partial charge in [0.1, 0.15) is 0 Å². The summed E-state index contributed by atoms with van der Waals surface area (Å²) in [6.07, 6.45) is 3.42. The smallest absolute Gasteiger partial charge is 0.276 e. The lowest BCUT2D eigenvalue weighted by Gasteiger charge is -2.34. The van der Waals surface area contributed by atoms with Crippen LogP contribution in [0.3, 0.4) is 0 Å². The van der Waals surface area contributed by atoms with Crippen molar-refractivity contribution in [2.24, 2.45) is 0 Å². The molecule has 110 valence electrons. The number of hydrogen-bond donors (Lipinski definition) is 0. The molecule has 3 heterocycles. The molecule has 1 saturated heterocycles. The second kappa shape index (κ2) is 5.65. The molecule has 0 aliphatic carbocycles. The zero-order chi connectivity index (χ0) is 14.8. The average molecular weight is 287 g/mol. The first-order valence-electron chi connectivity index (χ1n) is 6.95. The van der Waals surface area contributed by atoms with E-state index in [9.17, 15) is 4.79 Å². The van der Waals surface area contributed by atoms with Crippen LogP contribution in [0.15, 0.2) is 35.1 Å². The fourth-order valence-electron chi connectivity index (χ4n) is 2.53. The predicted molar refractivity (Wildman–Crippen MR) is 75.6 cm³/mol. The molecule has 1 fully saturated rings. The van der Waals surface area contributed by atoms with Gasteiger partial charge in [-0.15, -0.1) is 0 Å². The molecule has 0 spiro atoms. The Kier molecular flexibility index (Phi) is 3.70. The molecule has 2 atom stereocenters. The zero-order valence-corrected chi connectivity index (χ0v) is 12.0. The molecule has 0 unspecified atom stereocenters. The number of carbonyl (C=O) groups excluding carboxylic acids is 1. The zero-order valence-electron chi connectivity index (χ0n) is 12.0. The van der Waals surface area contributed by atoms with Gasteiger partial charge < -0.3 is 14.2 Å². The lowest BCUT2D eigenvalue weighted by molar-refractivity contribution is -0.0588. The van der Waals surface area contributed by atoms with Crippen molar-refractivity contribution in [1.29, 1.82) is 0 Å². The van der Waals surface area contributed by atoms with E-state index in [4.69, 9.17) is 9.26 Å². The largest absolute Gasteiger partial charge is 0.372 e. The highest BCUT2D eigenvalue weighted by Crippen LogP contribution is 2.21.